The quantitative estimate of drug-likeness (QED) is 0.771. The van der Waals surface area contributed by atoms with Gasteiger partial charge in [-0.25, -0.2) is 0 Å². The number of benzene rings is 1. The van der Waals surface area contributed by atoms with Crippen LogP contribution < -0.4 is 5.32 Å². The number of rotatable bonds is 4. The lowest BCUT2D eigenvalue weighted by atomic mass is 9.65. The Bertz CT molecular complexity index is 811. The van der Waals surface area contributed by atoms with Gasteiger partial charge in [-0.1, -0.05) is 18.2 Å². The second-order valence-corrected chi connectivity index (χ2v) is 7.36. The molecule has 0 unspecified atom stereocenters. The van der Waals surface area contributed by atoms with Crippen LogP contribution in [-0.2, 0) is 6.61 Å². The molecule has 2 aromatic rings. The molecule has 3 N–H and O–H groups in total. The van der Waals surface area contributed by atoms with Crippen molar-refractivity contribution in [2.45, 2.75) is 31.9 Å². The van der Waals surface area contributed by atoms with E-state index in [1.807, 2.05) is 35.2 Å². The second kappa shape index (κ2) is 6.57. The van der Waals surface area contributed by atoms with E-state index in [2.05, 4.69) is 15.5 Å². The maximum Gasteiger partial charge on any atom is 0.274 e. The Morgan fingerprint density at radius 2 is 2.08 bits per heavy atom. The minimum absolute atomic E-state index is 0.0376. The van der Waals surface area contributed by atoms with Crippen LogP contribution >= 0.6 is 0 Å². The molecule has 0 atom stereocenters. The van der Waals surface area contributed by atoms with Crippen molar-refractivity contribution in [2.75, 3.05) is 13.1 Å². The molecule has 136 valence electrons. The van der Waals surface area contributed by atoms with Crippen LogP contribution in [0.2, 0.25) is 0 Å². The smallest absolute Gasteiger partial charge is 0.274 e. The maximum absolute atomic E-state index is 12.5. The first kappa shape index (κ1) is 16.8. The van der Waals surface area contributed by atoms with Gasteiger partial charge in [-0.2, -0.15) is 5.10 Å². The van der Waals surface area contributed by atoms with E-state index in [-0.39, 0.29) is 29.9 Å². The van der Waals surface area contributed by atoms with Crippen LogP contribution in [0.15, 0.2) is 36.4 Å². The number of carbonyl (C=O) groups is 2. The number of carbonyl (C=O) groups excluding carboxylic acids is 2. The summed E-state index contributed by atoms with van der Waals surface area (Å²) in [5.41, 5.74) is 1.67. The zero-order valence-electron chi connectivity index (χ0n) is 14.4. The average molecular weight is 354 g/mol. The normalized spacial score (nSPS) is 24.5. The van der Waals surface area contributed by atoms with E-state index < -0.39 is 0 Å². The Hall–Kier alpha value is -2.67. The van der Waals surface area contributed by atoms with E-state index in [0.29, 0.717) is 30.0 Å². The third-order valence-corrected chi connectivity index (χ3v) is 5.48. The van der Waals surface area contributed by atoms with Gasteiger partial charge in [0, 0.05) is 24.7 Å². The zero-order chi connectivity index (χ0) is 18.1. The third-order valence-electron chi connectivity index (χ3n) is 5.48. The van der Waals surface area contributed by atoms with Crippen LogP contribution in [-0.4, -0.2) is 51.1 Å². The maximum atomic E-state index is 12.5. The van der Waals surface area contributed by atoms with Crippen molar-refractivity contribution < 1.29 is 14.7 Å². The number of aromatic amines is 1. The fraction of sp³-hybridized carbons (Fsp3) is 0.421. The Kier molecular flexibility index (Phi) is 4.24. The van der Waals surface area contributed by atoms with Gasteiger partial charge >= 0.3 is 0 Å². The Labute approximate surface area is 151 Å². The summed E-state index contributed by atoms with van der Waals surface area (Å²) in [4.78, 5) is 26.6. The zero-order valence-corrected chi connectivity index (χ0v) is 14.4. The fourth-order valence-corrected chi connectivity index (χ4v) is 4.10. The summed E-state index contributed by atoms with van der Waals surface area (Å²) in [6.45, 7) is 1.25. The number of aliphatic hydroxyl groups excluding tert-OH is 1. The predicted octanol–water partition coefficient (Wildman–Crippen LogP) is 1.33. The lowest BCUT2D eigenvalue weighted by Gasteiger charge is -2.45. The van der Waals surface area contributed by atoms with Crippen molar-refractivity contribution >= 4 is 11.8 Å². The van der Waals surface area contributed by atoms with Gasteiger partial charge in [-0.15, -0.1) is 0 Å². The molecular weight excluding hydrogens is 332 g/mol. The van der Waals surface area contributed by atoms with Crippen LogP contribution in [0.25, 0.3) is 0 Å². The van der Waals surface area contributed by atoms with E-state index in [9.17, 15) is 9.59 Å². The first-order chi connectivity index (χ1) is 12.6. The monoisotopic (exact) mass is 354 g/mol. The Morgan fingerprint density at radius 3 is 2.77 bits per heavy atom. The molecular formula is C19H22N4O3. The highest BCUT2D eigenvalue weighted by molar-refractivity contribution is 5.94. The number of aliphatic hydroxyl groups is 1. The van der Waals surface area contributed by atoms with Gasteiger partial charge in [-0.3, -0.25) is 14.7 Å². The molecule has 7 nitrogen and oxygen atoms in total. The summed E-state index contributed by atoms with van der Waals surface area (Å²) in [5, 5.41) is 18.8. The fourth-order valence-electron chi connectivity index (χ4n) is 4.10. The van der Waals surface area contributed by atoms with Crippen molar-refractivity contribution in [3.63, 3.8) is 0 Å². The van der Waals surface area contributed by atoms with Gasteiger partial charge in [0.05, 0.1) is 12.3 Å². The van der Waals surface area contributed by atoms with Crippen LogP contribution in [0.4, 0.5) is 0 Å². The van der Waals surface area contributed by atoms with E-state index >= 15 is 0 Å². The van der Waals surface area contributed by atoms with Gasteiger partial charge in [-0.05, 0) is 42.9 Å². The average Bonchev–Trinajstić information content (AvgIpc) is 3.29. The second-order valence-electron chi connectivity index (χ2n) is 7.36. The van der Waals surface area contributed by atoms with Crippen LogP contribution in [0, 0.1) is 5.41 Å². The van der Waals surface area contributed by atoms with Crippen molar-refractivity contribution in [1.29, 1.82) is 0 Å². The van der Waals surface area contributed by atoms with E-state index in [1.54, 1.807) is 6.07 Å². The lowest BCUT2D eigenvalue weighted by Crippen LogP contribution is -2.52. The van der Waals surface area contributed by atoms with Gasteiger partial charge in [0.15, 0.2) is 0 Å². The summed E-state index contributed by atoms with van der Waals surface area (Å²) < 4.78 is 0. The van der Waals surface area contributed by atoms with E-state index in [1.165, 1.54) is 0 Å². The molecule has 2 amide bonds. The molecule has 26 heavy (non-hydrogen) atoms. The number of H-pyrrole nitrogens is 1. The molecule has 0 bridgehead atoms. The molecule has 1 saturated carbocycles. The van der Waals surface area contributed by atoms with Gasteiger partial charge < -0.3 is 15.3 Å². The van der Waals surface area contributed by atoms with Crippen molar-refractivity contribution in [3.8, 4) is 0 Å². The molecule has 2 aliphatic rings. The standard InChI is InChI=1S/C19H22N4O3/c24-11-14-8-16(22-21-14)18(26)23-7-6-19(12-23)9-15(10-19)20-17(25)13-4-2-1-3-5-13/h1-5,8,15,24H,6-7,9-12H2,(H,20,25)(H,21,22). The largest absolute Gasteiger partial charge is 0.390 e. The van der Waals surface area contributed by atoms with Crippen molar-refractivity contribution in [3.05, 3.63) is 53.3 Å². The predicted molar refractivity (Wildman–Crippen MR) is 94.4 cm³/mol. The molecule has 0 radical (unpaired) electrons. The molecule has 1 aliphatic heterocycles. The third kappa shape index (κ3) is 3.10. The van der Waals surface area contributed by atoms with E-state index in [4.69, 9.17) is 5.11 Å². The van der Waals surface area contributed by atoms with Gasteiger partial charge in [0.25, 0.3) is 11.8 Å². The number of hydrogen-bond acceptors (Lipinski definition) is 4. The Balaban J connectivity index is 1.31. The van der Waals surface area contributed by atoms with E-state index in [0.717, 1.165) is 19.3 Å². The number of amides is 2. The van der Waals surface area contributed by atoms with Crippen molar-refractivity contribution in [2.24, 2.45) is 5.41 Å². The lowest BCUT2D eigenvalue weighted by molar-refractivity contribution is 0.0607. The molecule has 2 heterocycles. The van der Waals surface area contributed by atoms with Crippen LogP contribution in [0.5, 0.6) is 0 Å². The summed E-state index contributed by atoms with van der Waals surface area (Å²) in [5.74, 6) is -0.140. The SMILES string of the molecule is O=C(NC1CC2(CCN(C(=O)c3cc(CO)[nH]n3)C2)C1)c1ccccc1. The highest BCUT2D eigenvalue weighted by atomic mass is 16.3. The molecule has 1 aromatic heterocycles. The van der Waals surface area contributed by atoms with Crippen LogP contribution in [0.3, 0.4) is 0 Å². The minimum Gasteiger partial charge on any atom is -0.390 e. The number of likely N-dealkylation sites (tertiary alicyclic amines) is 1. The summed E-state index contributed by atoms with van der Waals surface area (Å²) in [6.07, 6.45) is 2.75. The number of aromatic nitrogens is 2. The molecule has 1 saturated heterocycles. The number of nitrogens with zero attached hydrogens (tertiary/aromatic N) is 2. The van der Waals surface area contributed by atoms with Gasteiger partial charge in [0.2, 0.25) is 0 Å². The molecule has 4 rings (SSSR count). The number of nitrogens with one attached hydrogen (secondary N) is 2. The molecule has 1 spiro atoms. The van der Waals surface area contributed by atoms with Gasteiger partial charge in [0.1, 0.15) is 5.69 Å². The minimum atomic E-state index is -0.160. The topological polar surface area (TPSA) is 98.3 Å². The first-order valence-corrected chi connectivity index (χ1v) is 8.89. The molecule has 2 fully saturated rings. The highest BCUT2D eigenvalue weighted by Gasteiger charge is 2.50. The summed E-state index contributed by atoms with van der Waals surface area (Å²) in [7, 11) is 0. The number of hydrogen-bond donors (Lipinski definition) is 3. The Morgan fingerprint density at radius 1 is 1.31 bits per heavy atom. The van der Waals surface area contributed by atoms with Crippen LogP contribution in [0.1, 0.15) is 45.8 Å². The summed E-state index contributed by atoms with van der Waals surface area (Å²) >= 11 is 0. The summed E-state index contributed by atoms with van der Waals surface area (Å²) in [6, 6.07) is 11.0. The molecule has 1 aromatic carbocycles. The van der Waals surface area contributed by atoms with Crippen molar-refractivity contribution in [1.82, 2.24) is 20.4 Å². The highest BCUT2D eigenvalue weighted by Crippen LogP contribution is 2.48. The molecule has 7 heteroatoms. The first-order valence-electron chi connectivity index (χ1n) is 8.89. The molecule has 1 aliphatic carbocycles.